The Morgan fingerprint density at radius 1 is 1.23 bits per heavy atom. The lowest BCUT2D eigenvalue weighted by atomic mass is 9.81. The van der Waals surface area contributed by atoms with Crippen LogP contribution >= 0.6 is 11.6 Å². The van der Waals surface area contributed by atoms with Crippen molar-refractivity contribution in [3.8, 4) is 5.75 Å². The third-order valence-corrected chi connectivity index (χ3v) is 6.80. The number of halogens is 4. The van der Waals surface area contributed by atoms with Gasteiger partial charge >= 0.3 is 6.36 Å². The number of aliphatic hydroxyl groups is 1. The molecule has 1 amide bonds. The number of aliphatic hydroxyl groups excluding tert-OH is 1. The highest BCUT2D eigenvalue weighted by Crippen LogP contribution is 2.42. The summed E-state index contributed by atoms with van der Waals surface area (Å²) in [4.78, 5) is 17.0. The second-order valence-corrected chi connectivity index (χ2v) is 9.54. The molecule has 3 unspecified atom stereocenters. The minimum atomic E-state index is -4.63. The zero-order valence-corrected chi connectivity index (χ0v) is 19.2. The molecule has 1 aliphatic carbocycles. The van der Waals surface area contributed by atoms with Crippen LogP contribution in [0.15, 0.2) is 28.8 Å². The van der Waals surface area contributed by atoms with Gasteiger partial charge in [-0.25, -0.2) is 4.98 Å². The Hall–Kier alpha value is -2.34. The van der Waals surface area contributed by atoms with E-state index < -0.39 is 30.8 Å². The normalized spacial score (nSPS) is 30.7. The highest BCUT2D eigenvalue weighted by molar-refractivity contribution is 6.30. The Labute approximate surface area is 203 Å². The van der Waals surface area contributed by atoms with Crippen LogP contribution in [-0.2, 0) is 14.3 Å². The summed E-state index contributed by atoms with van der Waals surface area (Å²) in [5.41, 5.74) is 0.556. The number of carbonyl (C=O) groups is 1. The molecule has 2 fully saturated rings. The summed E-state index contributed by atoms with van der Waals surface area (Å²) >= 11 is 5.97. The van der Waals surface area contributed by atoms with Gasteiger partial charge in [-0.3, -0.25) is 9.53 Å². The van der Waals surface area contributed by atoms with E-state index in [1.54, 1.807) is 18.2 Å². The summed E-state index contributed by atoms with van der Waals surface area (Å²) in [6, 6.07) is 4.65. The predicted molar refractivity (Wildman–Crippen MR) is 115 cm³/mol. The number of rotatable bonds is 5. The average Bonchev–Trinajstić information content (AvgIpc) is 3.26. The Bertz CT molecular complexity index is 1070. The van der Waals surface area contributed by atoms with Gasteiger partial charge in [0.2, 0.25) is 5.89 Å². The number of carbonyl (C=O) groups excluding carboxylic acids is 1. The quantitative estimate of drug-likeness (QED) is 0.609. The number of hydrogen-bond acceptors (Lipinski definition) is 7. The fourth-order valence-corrected chi connectivity index (χ4v) is 4.83. The second-order valence-electron chi connectivity index (χ2n) is 9.10. The van der Waals surface area contributed by atoms with Gasteiger partial charge in [0, 0.05) is 22.9 Å². The van der Waals surface area contributed by atoms with Crippen molar-refractivity contribution in [2.75, 3.05) is 6.61 Å². The van der Waals surface area contributed by atoms with Gasteiger partial charge in [-0.15, -0.1) is 13.2 Å². The monoisotopic (exact) mass is 516 g/mol. The third kappa shape index (κ3) is 5.58. The van der Waals surface area contributed by atoms with E-state index in [2.05, 4.69) is 15.0 Å². The van der Waals surface area contributed by atoms with E-state index in [1.807, 2.05) is 0 Å². The van der Waals surface area contributed by atoms with E-state index in [-0.39, 0.29) is 43.7 Å². The van der Waals surface area contributed by atoms with Crippen LogP contribution < -0.4 is 10.1 Å². The smallest absolute Gasteiger partial charge is 0.480 e. The molecular weight excluding hydrogens is 493 g/mol. The summed E-state index contributed by atoms with van der Waals surface area (Å²) < 4.78 is 58.2. The van der Waals surface area contributed by atoms with Crippen LogP contribution in [0.1, 0.15) is 67.4 Å². The Morgan fingerprint density at radius 2 is 2.03 bits per heavy atom. The summed E-state index contributed by atoms with van der Waals surface area (Å²) in [6.45, 7) is 0.237. The average molecular weight is 517 g/mol. The molecule has 3 heterocycles. The molecule has 5 rings (SSSR count). The lowest BCUT2D eigenvalue weighted by Gasteiger charge is -2.34. The van der Waals surface area contributed by atoms with Crippen molar-refractivity contribution >= 4 is 17.5 Å². The van der Waals surface area contributed by atoms with Gasteiger partial charge in [0.1, 0.15) is 17.6 Å². The summed E-state index contributed by atoms with van der Waals surface area (Å²) in [7, 11) is 0. The number of benzene rings is 1. The Kier molecular flexibility index (Phi) is 6.69. The van der Waals surface area contributed by atoms with Crippen molar-refractivity contribution in [2.45, 2.75) is 74.8 Å². The molecule has 0 spiro atoms. The van der Waals surface area contributed by atoms with Crippen LogP contribution in [0, 0.1) is 0 Å². The van der Waals surface area contributed by atoms with Crippen LogP contribution in [0.3, 0.4) is 0 Å². The molecule has 1 saturated heterocycles. The minimum absolute atomic E-state index is 0.116. The molecule has 0 radical (unpaired) electrons. The molecule has 0 bridgehead atoms. The maximum Gasteiger partial charge on any atom is 0.522 e. The van der Waals surface area contributed by atoms with Gasteiger partial charge < -0.3 is 24.3 Å². The van der Waals surface area contributed by atoms with E-state index in [0.717, 1.165) is 0 Å². The topological polar surface area (TPSA) is 103 Å². The first-order valence-electron chi connectivity index (χ1n) is 11.4. The number of fused-ring (bicyclic) bond motifs is 1. The molecule has 2 aliphatic heterocycles. The van der Waals surface area contributed by atoms with E-state index in [1.165, 1.54) is 6.20 Å². The van der Waals surface area contributed by atoms with Crippen LogP contribution in [-0.4, -0.2) is 47.2 Å². The molecule has 1 aromatic heterocycles. The maximum absolute atomic E-state index is 12.7. The number of ether oxygens (including phenoxy) is 3. The van der Waals surface area contributed by atoms with Crippen LogP contribution in [0.4, 0.5) is 13.2 Å². The number of hydrogen-bond donors (Lipinski definition) is 2. The van der Waals surface area contributed by atoms with Crippen molar-refractivity contribution in [3.05, 3.63) is 46.6 Å². The maximum atomic E-state index is 12.7. The third-order valence-electron chi connectivity index (χ3n) is 6.57. The number of oxazole rings is 1. The van der Waals surface area contributed by atoms with Gasteiger partial charge in [0.15, 0.2) is 6.10 Å². The highest BCUT2D eigenvalue weighted by atomic mass is 35.5. The lowest BCUT2D eigenvalue weighted by molar-refractivity contribution is -0.352. The number of aromatic nitrogens is 1. The molecule has 1 aromatic carbocycles. The van der Waals surface area contributed by atoms with Crippen molar-refractivity contribution < 1.29 is 41.7 Å². The molecular formula is C23H24ClF3N2O6. The largest absolute Gasteiger partial charge is 0.522 e. The molecule has 1 saturated carbocycles. The zero-order valence-electron chi connectivity index (χ0n) is 18.5. The highest BCUT2D eigenvalue weighted by Gasteiger charge is 2.42. The molecule has 3 aliphatic rings. The van der Waals surface area contributed by atoms with Gasteiger partial charge in [0.25, 0.3) is 5.91 Å². The van der Waals surface area contributed by atoms with Crippen LogP contribution in [0.5, 0.6) is 5.75 Å². The van der Waals surface area contributed by atoms with Crippen molar-refractivity contribution in [3.63, 3.8) is 0 Å². The number of amides is 1. The molecule has 35 heavy (non-hydrogen) atoms. The van der Waals surface area contributed by atoms with Crippen LogP contribution in [0.25, 0.3) is 0 Å². The summed E-state index contributed by atoms with van der Waals surface area (Å²) in [6.07, 6.45) is -4.33. The van der Waals surface area contributed by atoms with Crippen molar-refractivity contribution in [1.82, 2.24) is 10.3 Å². The van der Waals surface area contributed by atoms with Crippen molar-refractivity contribution in [1.29, 1.82) is 0 Å². The summed E-state index contributed by atoms with van der Waals surface area (Å²) in [5, 5.41) is 13.8. The zero-order chi connectivity index (χ0) is 24.7. The fraction of sp³-hybridized carbons (Fsp3) is 0.565. The molecule has 2 aromatic rings. The van der Waals surface area contributed by atoms with E-state index >= 15 is 0 Å². The summed E-state index contributed by atoms with van der Waals surface area (Å²) in [5.74, 6) is 0.826. The Morgan fingerprint density at radius 3 is 2.74 bits per heavy atom. The number of nitrogens with one attached hydrogen (secondary N) is 1. The lowest BCUT2D eigenvalue weighted by Crippen LogP contribution is -2.48. The first-order chi connectivity index (χ1) is 16.6. The van der Waals surface area contributed by atoms with E-state index in [4.69, 9.17) is 25.5 Å². The predicted octanol–water partition coefficient (Wildman–Crippen LogP) is 4.33. The Balaban J connectivity index is 1.09. The number of nitrogens with zero attached hydrogens (tertiary/aromatic N) is 1. The van der Waals surface area contributed by atoms with E-state index in [0.29, 0.717) is 40.8 Å². The second kappa shape index (κ2) is 9.61. The molecule has 4 atom stereocenters. The first-order valence-corrected chi connectivity index (χ1v) is 11.8. The standard InChI is InChI=1S/C23H24ClF3N2O6/c24-12-1-3-17-15(7-12)16(30)8-19(33-17)21(31)29-13-2-4-18(32-10-13)22-28-9-20(34-22)11-5-14(6-11)35-23(25,26)27/h1,3,7,9,11,13-14,16,18-19,30H,2,4-6,8,10H2,(H,29,31)/t11?,13?,14?,16?,18-,19?/m0/s1. The molecule has 12 heteroatoms. The molecule has 2 N–H and O–H groups in total. The van der Waals surface area contributed by atoms with Crippen LogP contribution in [0.2, 0.25) is 5.02 Å². The van der Waals surface area contributed by atoms with Gasteiger partial charge in [0.05, 0.1) is 31.1 Å². The van der Waals surface area contributed by atoms with Gasteiger partial charge in [-0.05, 0) is 43.9 Å². The SMILES string of the molecule is O=C(NC1CC[C@@H](c2ncc(C3CC(OC(F)(F)F)C3)o2)OC1)C1CC(O)c2cc(Cl)ccc2O1. The van der Waals surface area contributed by atoms with Gasteiger partial charge in [-0.2, -0.15) is 0 Å². The fourth-order valence-electron chi connectivity index (χ4n) is 4.65. The van der Waals surface area contributed by atoms with Gasteiger partial charge in [-0.1, -0.05) is 11.6 Å². The minimum Gasteiger partial charge on any atom is -0.480 e. The molecule has 8 nitrogen and oxygen atoms in total. The van der Waals surface area contributed by atoms with Crippen molar-refractivity contribution in [2.24, 2.45) is 0 Å². The first kappa shape index (κ1) is 24.4. The van der Waals surface area contributed by atoms with E-state index in [9.17, 15) is 23.1 Å². The number of alkyl halides is 3. The molecule has 190 valence electrons.